The van der Waals surface area contributed by atoms with Crippen molar-refractivity contribution in [3.8, 4) is 11.5 Å². The molecule has 1 N–H and O–H groups in total. The average Bonchev–Trinajstić information content (AvgIpc) is 2.18. The predicted molar refractivity (Wildman–Crippen MR) is 59.6 cm³/mol. The molecule has 1 aromatic rings. The molecule has 0 heterocycles. The van der Waals surface area contributed by atoms with Gasteiger partial charge in [0.25, 0.3) is 0 Å². The monoisotopic (exact) mass is 248 g/mol. The second kappa shape index (κ2) is 11.8. The van der Waals surface area contributed by atoms with E-state index in [1.165, 1.54) is 12.1 Å². The van der Waals surface area contributed by atoms with Crippen LogP contribution in [0.4, 0.5) is 0 Å². The second-order valence-electron chi connectivity index (χ2n) is 3.05. The molecule has 0 atom stereocenters. The van der Waals surface area contributed by atoms with E-state index in [4.69, 9.17) is 9.84 Å². The van der Waals surface area contributed by atoms with Crippen LogP contribution in [0.3, 0.4) is 0 Å². The second-order valence-corrected chi connectivity index (χ2v) is 3.05. The number of carboxylic acids is 1. The zero-order chi connectivity index (χ0) is 12.4. The van der Waals surface area contributed by atoms with E-state index < -0.39 is 5.97 Å². The molecule has 4 nitrogen and oxygen atoms in total. The molecule has 0 spiro atoms. The van der Waals surface area contributed by atoms with Gasteiger partial charge in [-0.25, -0.2) is 0 Å². The fourth-order valence-corrected chi connectivity index (χ4v) is 0.945. The first kappa shape index (κ1) is 18.6. The van der Waals surface area contributed by atoms with Crippen LogP contribution in [-0.4, -0.2) is 17.7 Å². The molecule has 0 radical (unpaired) electrons. The van der Waals surface area contributed by atoms with E-state index in [1.54, 1.807) is 12.1 Å². The summed E-state index contributed by atoms with van der Waals surface area (Å²) in [6.45, 7) is 4.33. The molecule has 1 rings (SSSR count). The summed E-state index contributed by atoms with van der Waals surface area (Å²) in [5, 5.41) is 18.6. The van der Waals surface area contributed by atoms with Crippen molar-refractivity contribution in [3.05, 3.63) is 24.3 Å². The van der Waals surface area contributed by atoms with Gasteiger partial charge in [-0.3, -0.25) is 4.79 Å². The van der Waals surface area contributed by atoms with Crippen LogP contribution in [0.15, 0.2) is 24.3 Å². The maximum atomic E-state index is 10.7. The van der Waals surface area contributed by atoms with Crippen LogP contribution in [0.5, 0.6) is 11.5 Å². The van der Waals surface area contributed by atoms with Crippen molar-refractivity contribution in [2.75, 3.05) is 6.61 Å². The molecule has 0 aromatic heterocycles. The van der Waals surface area contributed by atoms with Gasteiger partial charge in [-0.1, -0.05) is 19.1 Å². The van der Waals surface area contributed by atoms with Crippen molar-refractivity contribution >= 4 is 5.97 Å². The van der Waals surface area contributed by atoms with Gasteiger partial charge in [0.2, 0.25) is 0 Å². The van der Waals surface area contributed by atoms with Gasteiger partial charge in [0.15, 0.2) is 0 Å². The molecular formula is C12H17NaO4. The van der Waals surface area contributed by atoms with Gasteiger partial charge >= 0.3 is 35.5 Å². The largest absolute Gasteiger partial charge is 1.00 e. The van der Waals surface area contributed by atoms with Gasteiger partial charge in [-0.2, -0.15) is 0 Å². The van der Waals surface area contributed by atoms with Crippen molar-refractivity contribution in [2.45, 2.75) is 26.7 Å². The Morgan fingerprint density at radius 2 is 2.06 bits per heavy atom. The third kappa shape index (κ3) is 11.6. The van der Waals surface area contributed by atoms with E-state index in [2.05, 4.69) is 0 Å². The van der Waals surface area contributed by atoms with Crippen LogP contribution in [0.1, 0.15) is 26.7 Å². The van der Waals surface area contributed by atoms with Crippen molar-refractivity contribution in [3.63, 3.8) is 0 Å². The Morgan fingerprint density at radius 1 is 1.41 bits per heavy atom. The number of hydrogen-bond acceptors (Lipinski definition) is 3. The van der Waals surface area contributed by atoms with E-state index in [9.17, 15) is 9.90 Å². The summed E-state index contributed by atoms with van der Waals surface area (Å²) in [6, 6.07) is 6.43. The van der Waals surface area contributed by atoms with Crippen molar-refractivity contribution in [1.82, 2.24) is 0 Å². The van der Waals surface area contributed by atoms with Gasteiger partial charge in [0.05, 0.1) is 6.61 Å². The third-order valence-corrected chi connectivity index (χ3v) is 1.58. The number of ether oxygens (including phenoxy) is 1. The Balaban J connectivity index is 0. The molecule has 1 aromatic carbocycles. The van der Waals surface area contributed by atoms with E-state index in [-0.39, 0.29) is 35.3 Å². The summed E-state index contributed by atoms with van der Waals surface area (Å²) in [5.74, 6) is -0.0709. The topological polar surface area (TPSA) is 69.6 Å². The summed E-state index contributed by atoms with van der Waals surface area (Å²) >= 11 is 0. The van der Waals surface area contributed by atoms with Crippen molar-refractivity contribution < 1.29 is 49.3 Å². The summed E-state index contributed by atoms with van der Waals surface area (Å²) in [4.78, 5) is 9.60. The summed E-state index contributed by atoms with van der Waals surface area (Å²) < 4.78 is 5.09. The minimum absolute atomic E-state index is 0. The van der Waals surface area contributed by atoms with E-state index in [0.29, 0.717) is 18.8 Å². The van der Waals surface area contributed by atoms with Crippen LogP contribution >= 0.6 is 0 Å². The number of benzene rings is 1. The minimum Gasteiger partial charge on any atom is -0.872 e. The van der Waals surface area contributed by atoms with Gasteiger partial charge in [-0.15, -0.1) is 5.75 Å². The van der Waals surface area contributed by atoms with Crippen LogP contribution in [0.25, 0.3) is 0 Å². The molecule has 0 aliphatic rings. The van der Waals surface area contributed by atoms with Crippen LogP contribution in [0, 0.1) is 0 Å². The number of carbonyl (C=O) groups is 1. The molecule has 0 aliphatic heterocycles. The predicted octanol–water partition coefficient (Wildman–Crippen LogP) is -0.966. The molecule has 0 unspecified atom stereocenters. The molecule has 0 saturated heterocycles. The first-order valence-electron chi connectivity index (χ1n) is 5.21. The Bertz CT molecular complexity index is 315. The first-order valence-corrected chi connectivity index (χ1v) is 5.21. The number of rotatable bonds is 4. The Morgan fingerprint density at radius 3 is 2.41 bits per heavy atom. The SMILES string of the molecule is CCCC(=O)O.CCOc1cccc([O-])c1.[Na+]. The normalized spacial score (nSPS) is 8.35. The van der Waals surface area contributed by atoms with Gasteiger partial charge < -0.3 is 14.9 Å². The summed E-state index contributed by atoms with van der Waals surface area (Å²) in [5.41, 5.74) is 0. The first-order chi connectivity index (χ1) is 7.60. The fourth-order valence-electron chi connectivity index (χ4n) is 0.945. The Labute approximate surface area is 124 Å². The molecule has 0 fully saturated rings. The molecule has 0 bridgehead atoms. The van der Waals surface area contributed by atoms with Crippen molar-refractivity contribution in [2.24, 2.45) is 0 Å². The molecule has 17 heavy (non-hydrogen) atoms. The molecule has 0 aliphatic carbocycles. The standard InChI is InChI=1S/C8H10O2.C4H8O2.Na/c1-2-10-8-5-3-4-7(9)6-8;1-2-3-4(5)6;/h3-6,9H,2H2,1H3;2-3H2,1H3,(H,5,6);/q;;+1/p-1. The molecular weight excluding hydrogens is 231 g/mol. The molecule has 90 valence electrons. The number of hydrogen-bond donors (Lipinski definition) is 1. The zero-order valence-electron chi connectivity index (χ0n) is 10.6. The molecule has 0 saturated carbocycles. The maximum Gasteiger partial charge on any atom is 1.00 e. The number of carboxylic acid groups (broad SMARTS) is 1. The average molecular weight is 248 g/mol. The van der Waals surface area contributed by atoms with Crippen LogP contribution in [0.2, 0.25) is 0 Å². The maximum absolute atomic E-state index is 10.7. The quantitative estimate of drug-likeness (QED) is 0.696. The van der Waals surface area contributed by atoms with Gasteiger partial charge in [-0.05, 0) is 25.5 Å². The van der Waals surface area contributed by atoms with Gasteiger partial charge in [0.1, 0.15) is 5.75 Å². The Kier molecular flexibility index (Phi) is 12.9. The molecule has 5 heteroatoms. The fraction of sp³-hybridized carbons (Fsp3) is 0.417. The van der Waals surface area contributed by atoms with Crippen LogP contribution in [-0.2, 0) is 4.79 Å². The van der Waals surface area contributed by atoms with Crippen molar-refractivity contribution in [1.29, 1.82) is 0 Å². The van der Waals surface area contributed by atoms with E-state index in [1.807, 2.05) is 13.8 Å². The summed E-state index contributed by atoms with van der Waals surface area (Å²) in [6.07, 6.45) is 1.02. The van der Waals surface area contributed by atoms with Crippen LogP contribution < -0.4 is 39.4 Å². The zero-order valence-corrected chi connectivity index (χ0v) is 12.6. The smallest absolute Gasteiger partial charge is 0.872 e. The van der Waals surface area contributed by atoms with Gasteiger partial charge in [0, 0.05) is 6.42 Å². The number of aliphatic carboxylic acids is 1. The summed E-state index contributed by atoms with van der Waals surface area (Å²) in [7, 11) is 0. The third-order valence-electron chi connectivity index (χ3n) is 1.58. The Hall–Kier alpha value is -0.710. The molecule has 0 amide bonds. The van der Waals surface area contributed by atoms with E-state index in [0.717, 1.165) is 6.42 Å². The van der Waals surface area contributed by atoms with E-state index >= 15 is 0 Å². The minimum atomic E-state index is -0.711.